The zero-order valence-corrected chi connectivity index (χ0v) is 17.5. The fraction of sp³-hybridized carbons (Fsp3) is 0.0769. The third-order valence-electron chi connectivity index (χ3n) is 5.04. The smallest absolute Gasteiger partial charge is 0.241 e. The van der Waals surface area contributed by atoms with Crippen LogP contribution in [0.3, 0.4) is 0 Å². The summed E-state index contributed by atoms with van der Waals surface area (Å²) in [6.07, 6.45) is 4.01. The Morgan fingerprint density at radius 3 is 2.40 bits per heavy atom. The average Bonchev–Trinajstić information content (AvgIpc) is 3.25. The second-order valence-electron chi connectivity index (χ2n) is 6.97. The van der Waals surface area contributed by atoms with E-state index in [2.05, 4.69) is 66.5 Å². The fourth-order valence-corrected chi connectivity index (χ4v) is 4.29. The van der Waals surface area contributed by atoms with Gasteiger partial charge in [0.1, 0.15) is 0 Å². The molecule has 1 aromatic heterocycles. The van der Waals surface area contributed by atoms with Crippen LogP contribution in [0.2, 0.25) is 0 Å². The number of allylic oxidation sites excluding steroid dienone is 1. The van der Waals surface area contributed by atoms with Crippen molar-refractivity contribution in [2.45, 2.75) is 13.3 Å². The van der Waals surface area contributed by atoms with Crippen LogP contribution in [0.5, 0.6) is 0 Å². The number of primary amides is 1. The topological polar surface area (TPSA) is 56.0 Å². The highest BCUT2D eigenvalue weighted by atomic mass is 32.1. The van der Waals surface area contributed by atoms with Gasteiger partial charge in [0.2, 0.25) is 5.91 Å². The molecule has 0 unspecified atom stereocenters. The standard InChI is InChI=1S/C26H22N2OS/c1-2-22(19-6-4-3-5-7-19)26(21-13-14-24-23(16-21)28-17-30-24)20-11-8-18(9-12-20)10-15-25(27)29/h3-17H,2H2,1H3,(H2,27,29)/b15-10+,26-22+. The summed E-state index contributed by atoms with van der Waals surface area (Å²) in [6, 6.07) is 25.2. The van der Waals surface area contributed by atoms with Crippen LogP contribution in [0.4, 0.5) is 0 Å². The molecule has 0 saturated carbocycles. The summed E-state index contributed by atoms with van der Waals surface area (Å²) < 4.78 is 1.18. The average molecular weight is 411 g/mol. The summed E-state index contributed by atoms with van der Waals surface area (Å²) in [4.78, 5) is 15.5. The monoisotopic (exact) mass is 410 g/mol. The molecule has 0 saturated heterocycles. The van der Waals surface area contributed by atoms with E-state index in [-0.39, 0.29) is 0 Å². The number of carbonyl (C=O) groups is 1. The lowest BCUT2D eigenvalue weighted by molar-refractivity contribution is -0.113. The minimum absolute atomic E-state index is 0.450. The maximum Gasteiger partial charge on any atom is 0.241 e. The Morgan fingerprint density at radius 2 is 1.70 bits per heavy atom. The van der Waals surface area contributed by atoms with E-state index >= 15 is 0 Å². The predicted molar refractivity (Wildman–Crippen MR) is 127 cm³/mol. The summed E-state index contributed by atoms with van der Waals surface area (Å²) in [6.45, 7) is 2.19. The van der Waals surface area contributed by atoms with Crippen LogP contribution in [0.15, 0.2) is 84.4 Å². The lowest BCUT2D eigenvalue weighted by atomic mass is 9.88. The minimum atomic E-state index is -0.450. The fourth-order valence-electron chi connectivity index (χ4n) is 3.63. The van der Waals surface area contributed by atoms with E-state index < -0.39 is 5.91 Å². The Morgan fingerprint density at radius 1 is 0.967 bits per heavy atom. The molecule has 0 aliphatic carbocycles. The van der Waals surface area contributed by atoms with Crippen molar-refractivity contribution in [3.63, 3.8) is 0 Å². The van der Waals surface area contributed by atoms with Crippen LogP contribution >= 0.6 is 11.3 Å². The molecule has 0 aliphatic rings. The van der Waals surface area contributed by atoms with Gasteiger partial charge in [0, 0.05) is 6.08 Å². The number of carbonyl (C=O) groups excluding carboxylic acids is 1. The summed E-state index contributed by atoms with van der Waals surface area (Å²) >= 11 is 1.65. The van der Waals surface area contributed by atoms with Gasteiger partial charge in [0.05, 0.1) is 15.7 Å². The van der Waals surface area contributed by atoms with Crippen LogP contribution in [0.25, 0.3) is 27.4 Å². The molecule has 4 rings (SSSR count). The van der Waals surface area contributed by atoms with E-state index in [9.17, 15) is 4.79 Å². The summed E-state index contributed by atoms with van der Waals surface area (Å²) in [7, 11) is 0. The van der Waals surface area contributed by atoms with E-state index in [0.717, 1.165) is 28.6 Å². The van der Waals surface area contributed by atoms with Crippen LogP contribution in [-0.2, 0) is 4.79 Å². The summed E-state index contributed by atoms with van der Waals surface area (Å²) in [5.74, 6) is -0.450. The first kappa shape index (κ1) is 19.8. The van der Waals surface area contributed by atoms with Crippen LogP contribution < -0.4 is 5.73 Å². The van der Waals surface area contributed by atoms with Gasteiger partial charge in [0.15, 0.2) is 0 Å². The number of benzene rings is 3. The Kier molecular flexibility index (Phi) is 5.87. The number of hydrogen-bond donors (Lipinski definition) is 1. The molecule has 0 radical (unpaired) electrons. The maximum atomic E-state index is 11.0. The highest BCUT2D eigenvalue weighted by Crippen LogP contribution is 2.36. The molecule has 3 nitrogen and oxygen atoms in total. The molecular weight excluding hydrogens is 388 g/mol. The van der Waals surface area contributed by atoms with E-state index in [0.29, 0.717) is 0 Å². The van der Waals surface area contributed by atoms with Gasteiger partial charge in [-0.25, -0.2) is 4.98 Å². The molecule has 4 aromatic rings. The molecule has 0 atom stereocenters. The quantitative estimate of drug-likeness (QED) is 0.305. The third kappa shape index (κ3) is 4.24. The molecule has 0 fully saturated rings. The number of rotatable bonds is 6. The Balaban J connectivity index is 1.89. The van der Waals surface area contributed by atoms with Crippen molar-refractivity contribution in [1.29, 1.82) is 0 Å². The van der Waals surface area contributed by atoms with Gasteiger partial charge in [-0.3, -0.25) is 4.79 Å². The molecule has 0 bridgehead atoms. The minimum Gasteiger partial charge on any atom is -0.366 e. The van der Waals surface area contributed by atoms with Gasteiger partial charge < -0.3 is 5.73 Å². The van der Waals surface area contributed by atoms with Crippen molar-refractivity contribution in [2.24, 2.45) is 5.73 Å². The van der Waals surface area contributed by atoms with Crippen molar-refractivity contribution in [3.05, 3.63) is 107 Å². The van der Waals surface area contributed by atoms with Gasteiger partial charge in [-0.15, -0.1) is 11.3 Å². The second-order valence-corrected chi connectivity index (χ2v) is 7.85. The SMILES string of the molecule is CC/C(=C(/c1ccc(/C=C/C(N)=O)cc1)c1ccc2scnc2c1)c1ccccc1. The first-order valence-electron chi connectivity index (χ1n) is 9.86. The van der Waals surface area contributed by atoms with Crippen molar-refractivity contribution < 1.29 is 4.79 Å². The van der Waals surface area contributed by atoms with E-state index in [1.807, 2.05) is 23.7 Å². The van der Waals surface area contributed by atoms with Gasteiger partial charge in [-0.1, -0.05) is 67.6 Å². The number of nitrogens with zero attached hydrogens (tertiary/aromatic N) is 1. The first-order chi connectivity index (χ1) is 14.7. The number of hydrogen-bond acceptors (Lipinski definition) is 3. The number of amides is 1. The summed E-state index contributed by atoms with van der Waals surface area (Å²) in [5, 5.41) is 0. The van der Waals surface area contributed by atoms with Crippen LogP contribution in [0, 0.1) is 0 Å². The molecule has 0 spiro atoms. The van der Waals surface area contributed by atoms with Gasteiger partial charge in [0.25, 0.3) is 0 Å². The van der Waals surface area contributed by atoms with Crippen molar-refractivity contribution >= 4 is 44.7 Å². The van der Waals surface area contributed by atoms with E-state index in [1.165, 1.54) is 27.5 Å². The third-order valence-corrected chi connectivity index (χ3v) is 5.85. The van der Waals surface area contributed by atoms with Gasteiger partial charge >= 0.3 is 0 Å². The molecule has 30 heavy (non-hydrogen) atoms. The number of thiazole rings is 1. The first-order valence-corrected chi connectivity index (χ1v) is 10.7. The maximum absolute atomic E-state index is 11.0. The molecule has 0 aliphatic heterocycles. The lowest BCUT2D eigenvalue weighted by Gasteiger charge is -2.16. The second kappa shape index (κ2) is 8.89. The molecule has 4 heteroatoms. The van der Waals surface area contributed by atoms with E-state index in [1.54, 1.807) is 17.4 Å². The number of nitrogens with two attached hydrogens (primary N) is 1. The van der Waals surface area contributed by atoms with Crippen LogP contribution in [0.1, 0.15) is 35.6 Å². The lowest BCUT2D eigenvalue weighted by Crippen LogP contribution is -2.05. The van der Waals surface area contributed by atoms with Crippen molar-refractivity contribution in [1.82, 2.24) is 4.98 Å². The van der Waals surface area contributed by atoms with Crippen LogP contribution in [-0.4, -0.2) is 10.9 Å². The number of aromatic nitrogens is 1. The summed E-state index contributed by atoms with van der Waals surface area (Å²) in [5.41, 5.74) is 15.0. The molecule has 1 heterocycles. The largest absolute Gasteiger partial charge is 0.366 e. The Bertz CT molecular complexity index is 1240. The number of fused-ring (bicyclic) bond motifs is 1. The Hall–Kier alpha value is -3.50. The molecule has 2 N–H and O–H groups in total. The van der Waals surface area contributed by atoms with Crippen molar-refractivity contribution in [2.75, 3.05) is 0 Å². The molecule has 3 aromatic carbocycles. The molecular formula is C26H22N2OS. The molecule has 1 amide bonds. The van der Waals surface area contributed by atoms with Gasteiger partial charge in [-0.2, -0.15) is 0 Å². The zero-order chi connectivity index (χ0) is 20.9. The Labute approximate surface area is 180 Å². The van der Waals surface area contributed by atoms with E-state index in [4.69, 9.17) is 5.73 Å². The molecule has 148 valence electrons. The highest BCUT2D eigenvalue weighted by molar-refractivity contribution is 7.16. The zero-order valence-electron chi connectivity index (χ0n) is 16.7. The highest BCUT2D eigenvalue weighted by Gasteiger charge is 2.14. The predicted octanol–water partition coefficient (Wildman–Crippen LogP) is 6.16. The normalized spacial score (nSPS) is 12.3. The van der Waals surface area contributed by atoms with Gasteiger partial charge in [-0.05, 0) is 58.0 Å². The van der Waals surface area contributed by atoms with Crippen molar-refractivity contribution in [3.8, 4) is 0 Å².